The topological polar surface area (TPSA) is 190 Å². The van der Waals surface area contributed by atoms with Gasteiger partial charge in [-0.05, 0) is 71.6 Å². The number of epoxide rings is 1. The van der Waals surface area contributed by atoms with Crippen molar-refractivity contribution in [3.05, 3.63) is 0 Å². The third kappa shape index (κ3) is 7.84. The second-order valence-corrected chi connectivity index (χ2v) is 19.5. The maximum Gasteiger partial charge on any atom is 1.00 e. The number of cyclic esters (lactones) is 1. The Kier molecular flexibility index (Phi) is 12.6. The van der Waals surface area contributed by atoms with Crippen LogP contribution in [0.4, 0.5) is 0 Å². The van der Waals surface area contributed by atoms with Crippen molar-refractivity contribution in [2.75, 3.05) is 0 Å². The van der Waals surface area contributed by atoms with Crippen LogP contribution in [-0.4, -0.2) is 125 Å². The van der Waals surface area contributed by atoms with Gasteiger partial charge in [0.1, 0.15) is 12.2 Å². The first-order chi connectivity index (χ1) is 26.3. The van der Waals surface area contributed by atoms with Gasteiger partial charge in [-0.25, -0.2) is 9.59 Å². The normalized spacial score (nSPS) is 51.4. The fraction of sp³-hybridized carbons (Fsp3) is 0.950. The summed E-state index contributed by atoms with van der Waals surface area (Å²) in [6, 6.07) is 0. The van der Waals surface area contributed by atoms with Crippen LogP contribution in [0.25, 0.3) is 0 Å². The molecule has 3 spiro atoms. The van der Waals surface area contributed by atoms with E-state index in [9.17, 15) is 24.9 Å². The van der Waals surface area contributed by atoms with Gasteiger partial charge < -0.3 is 62.4 Å². The second-order valence-electron chi connectivity index (χ2n) is 19.5. The van der Waals surface area contributed by atoms with Crippen LogP contribution in [0.2, 0.25) is 0 Å². The summed E-state index contributed by atoms with van der Waals surface area (Å²) in [5.74, 6) is -6.25. The number of fused-ring (bicyclic) bond motifs is 7. The second kappa shape index (κ2) is 16.0. The molecule has 3 N–H and O–H groups in total. The van der Waals surface area contributed by atoms with Crippen LogP contribution in [-0.2, 0) is 56.6 Å². The van der Waals surface area contributed by atoms with Gasteiger partial charge in [-0.2, -0.15) is 0 Å². The van der Waals surface area contributed by atoms with E-state index in [1.807, 2.05) is 48.5 Å². The minimum atomic E-state index is -3.47. The van der Waals surface area contributed by atoms with Gasteiger partial charge >= 0.3 is 48.5 Å². The number of carbonyl (C=O) groups is 2. The Labute approximate surface area is 358 Å². The van der Waals surface area contributed by atoms with Gasteiger partial charge in [-0.3, -0.25) is 0 Å². The first-order valence-corrected chi connectivity index (χ1v) is 21.3. The maximum atomic E-state index is 14.7. The number of esters is 2. The first kappa shape index (κ1) is 44.6. The minimum Gasteiger partial charge on any atom is -0.504 e. The molecule has 8 aliphatic heterocycles. The quantitative estimate of drug-likeness (QED) is 0.189. The standard InChI is InChI=1S/C40H64BO15.Na/c1-20-12-16-31-37(5,6)29(43)11-9-10-24-18-27(23(4)47-24)50-36(46)34-40-21(2)13-17-32(52-40)38(7,8)30(44)15-14-25-28(48-25)19-26(22(3)42)49-35(45)33-39(20,51-31)55-41(53-33,54-34)56-40;/h20-34,42-44H,9-19H2,1-8H3;/q-1;+1/t20-,21-,22-,23-,24-,25?,26+,27+,28?,29-,30+,31+,32+,33+,34+,39+,40+,41?;/m1./s1. The van der Waals surface area contributed by atoms with Crippen molar-refractivity contribution in [1.82, 2.24) is 0 Å². The molecule has 18 atom stereocenters. The number of aliphatic hydroxyl groups excluding tert-OH is 3. The van der Waals surface area contributed by atoms with Crippen molar-refractivity contribution in [3.63, 3.8) is 0 Å². The van der Waals surface area contributed by atoms with Crippen LogP contribution in [0, 0.1) is 22.7 Å². The number of carbonyl (C=O) groups excluding carboxylic acids is 2. The third-order valence-electron chi connectivity index (χ3n) is 14.9. The monoisotopic (exact) mass is 818 g/mol. The van der Waals surface area contributed by atoms with Crippen molar-refractivity contribution in [3.8, 4) is 0 Å². The molecule has 318 valence electrons. The fourth-order valence-electron chi connectivity index (χ4n) is 10.6. The Bertz CT molecular complexity index is 1500. The van der Waals surface area contributed by atoms with E-state index in [4.69, 9.17) is 47.0 Å². The Balaban J connectivity index is 0.00000496. The summed E-state index contributed by atoms with van der Waals surface area (Å²) in [6.07, 6.45) is -3.99. The SMILES string of the molecule is C[C@@H]1CC[C@@H]2O[C@]13O[B-]14O[C@H]3C(=O)O[C@H]([C@@H](C)O)CC3OC3CC[C@H](O)C(C)(C)[C@@H]3CC[C@@H](C)[C@](O3)(O1)[C@@H](O4)C(=O)O[C@H]1C[C@@H](CCC[C@@H](O)C2(C)C)O[C@@H]1C.[Na+]. The molecule has 17 heteroatoms. The van der Waals surface area contributed by atoms with Gasteiger partial charge in [0.25, 0.3) is 0 Å². The fourth-order valence-corrected chi connectivity index (χ4v) is 10.6. The zero-order chi connectivity index (χ0) is 40.2. The van der Waals surface area contributed by atoms with E-state index in [-0.39, 0.29) is 54.3 Å². The van der Waals surface area contributed by atoms with Crippen molar-refractivity contribution in [1.29, 1.82) is 0 Å². The van der Waals surface area contributed by atoms with Crippen molar-refractivity contribution in [2.24, 2.45) is 22.7 Å². The number of aliphatic hydroxyl groups is 3. The molecule has 0 aliphatic carbocycles. The summed E-state index contributed by atoms with van der Waals surface area (Å²) in [6.45, 7) is 11.5. The van der Waals surface area contributed by atoms with Gasteiger partial charge in [0.05, 0.1) is 54.9 Å². The molecule has 8 rings (SSSR count). The van der Waals surface area contributed by atoms with Crippen LogP contribution in [0.3, 0.4) is 0 Å². The summed E-state index contributed by atoms with van der Waals surface area (Å²) in [7, 11) is 0. The average Bonchev–Trinajstić information content (AvgIpc) is 3.51. The predicted octanol–water partition coefficient (Wildman–Crippen LogP) is 0.571. The molecular weight excluding hydrogens is 754 g/mol. The zero-order valence-corrected chi connectivity index (χ0v) is 37.3. The van der Waals surface area contributed by atoms with E-state index < -0.39 is 114 Å². The molecule has 8 heterocycles. The van der Waals surface area contributed by atoms with Crippen LogP contribution < -0.4 is 29.6 Å². The molecule has 9 bridgehead atoms. The van der Waals surface area contributed by atoms with Crippen LogP contribution in [0.5, 0.6) is 0 Å². The molecule has 0 aromatic carbocycles. The van der Waals surface area contributed by atoms with E-state index in [1.165, 1.54) is 0 Å². The van der Waals surface area contributed by atoms with Crippen LogP contribution >= 0.6 is 0 Å². The molecule has 0 amide bonds. The Morgan fingerprint density at radius 2 is 1.21 bits per heavy atom. The molecule has 8 fully saturated rings. The average molecular weight is 819 g/mol. The van der Waals surface area contributed by atoms with Gasteiger partial charge in [0.15, 0.2) is 23.8 Å². The van der Waals surface area contributed by atoms with Crippen molar-refractivity contribution in [2.45, 2.75) is 217 Å². The van der Waals surface area contributed by atoms with Crippen LogP contribution in [0.1, 0.15) is 126 Å². The van der Waals surface area contributed by atoms with E-state index in [0.29, 0.717) is 64.2 Å². The summed E-state index contributed by atoms with van der Waals surface area (Å²) in [5.41, 5.74) is -1.62. The molecule has 15 nitrogen and oxygen atoms in total. The molecule has 8 saturated heterocycles. The van der Waals surface area contributed by atoms with E-state index >= 15 is 0 Å². The van der Waals surface area contributed by atoms with Crippen LogP contribution in [0.15, 0.2) is 0 Å². The predicted molar refractivity (Wildman–Crippen MR) is 196 cm³/mol. The largest absolute Gasteiger partial charge is 1.00 e. The number of hydrogen-bond donors (Lipinski definition) is 3. The summed E-state index contributed by atoms with van der Waals surface area (Å²) < 4.78 is 65.5. The third-order valence-corrected chi connectivity index (χ3v) is 14.9. The minimum absolute atomic E-state index is 0. The molecular formula is C40H64BNaO15. The number of rotatable bonds is 1. The summed E-state index contributed by atoms with van der Waals surface area (Å²) in [4.78, 5) is 29.3. The van der Waals surface area contributed by atoms with Crippen molar-refractivity contribution < 1.29 is 102 Å². The molecule has 0 aromatic heterocycles. The molecule has 57 heavy (non-hydrogen) atoms. The Hall–Kier alpha value is -0.435. The van der Waals surface area contributed by atoms with E-state index in [0.717, 1.165) is 0 Å². The maximum absolute atomic E-state index is 14.7. The smallest absolute Gasteiger partial charge is 0.504 e. The molecule has 0 radical (unpaired) electrons. The van der Waals surface area contributed by atoms with Crippen molar-refractivity contribution >= 4 is 18.9 Å². The van der Waals surface area contributed by atoms with Gasteiger partial charge in [0.2, 0.25) is 0 Å². The Morgan fingerprint density at radius 3 is 1.77 bits per heavy atom. The van der Waals surface area contributed by atoms with Gasteiger partial charge in [-0.15, -0.1) is 0 Å². The summed E-state index contributed by atoms with van der Waals surface area (Å²) in [5, 5.41) is 34.3. The van der Waals surface area contributed by atoms with E-state index in [2.05, 4.69) is 0 Å². The molecule has 8 aliphatic rings. The zero-order valence-electron chi connectivity index (χ0n) is 35.3. The molecule has 3 unspecified atom stereocenters. The van der Waals surface area contributed by atoms with Gasteiger partial charge in [-0.1, -0.05) is 41.5 Å². The van der Waals surface area contributed by atoms with E-state index in [1.54, 1.807) is 6.92 Å². The molecule has 0 aromatic rings. The summed E-state index contributed by atoms with van der Waals surface area (Å²) >= 11 is 0. The number of ether oxygens (including phenoxy) is 6. The van der Waals surface area contributed by atoms with Gasteiger partial charge in [0, 0.05) is 35.5 Å². The molecule has 0 saturated carbocycles. The Morgan fingerprint density at radius 1 is 0.667 bits per heavy atom. The number of hydrogen-bond acceptors (Lipinski definition) is 15. The first-order valence-electron chi connectivity index (χ1n) is 21.3.